The average molecular weight is 130 g/mol. The highest BCUT2D eigenvalue weighted by Crippen LogP contribution is 1.66. The van der Waals surface area contributed by atoms with E-state index in [9.17, 15) is 4.79 Å². The van der Waals surface area contributed by atoms with E-state index >= 15 is 0 Å². The van der Waals surface area contributed by atoms with Crippen molar-refractivity contribution in [2.45, 2.75) is 6.92 Å². The molecule has 0 amide bonds. The molecule has 0 spiro atoms. The van der Waals surface area contributed by atoms with Crippen LogP contribution in [-0.2, 0) is 4.79 Å². The van der Waals surface area contributed by atoms with Crippen LogP contribution in [0.4, 0.5) is 0 Å². The van der Waals surface area contributed by atoms with Gasteiger partial charge in [0.15, 0.2) is 10.9 Å². The second-order valence-electron chi connectivity index (χ2n) is 1.21. The second-order valence-corrected chi connectivity index (χ2v) is 1.63. The van der Waals surface area contributed by atoms with E-state index in [0.717, 1.165) is 6.21 Å². The molecular formula is C4H6N2OS. The predicted octanol–water partition coefficient (Wildman–Crippen LogP) is -0.110. The molecule has 0 fully saturated rings. The Morgan fingerprint density at radius 3 is 2.50 bits per heavy atom. The fourth-order valence-corrected chi connectivity index (χ4v) is 0.207. The van der Waals surface area contributed by atoms with Crippen LogP contribution < -0.4 is 5.73 Å². The number of Topliss-reactive ketones (excluding diaryl/α,β-unsaturated/α-hetero) is 1. The summed E-state index contributed by atoms with van der Waals surface area (Å²) in [4.78, 5) is 13.4. The van der Waals surface area contributed by atoms with Gasteiger partial charge in [0, 0.05) is 6.92 Å². The number of ketones is 1. The molecule has 44 valence electrons. The van der Waals surface area contributed by atoms with Crippen molar-refractivity contribution in [1.29, 1.82) is 0 Å². The average Bonchev–Trinajstić information content (AvgIpc) is 1.61. The van der Waals surface area contributed by atoms with E-state index in [-0.39, 0.29) is 10.9 Å². The minimum Gasteiger partial charge on any atom is -0.374 e. The Balaban J connectivity index is 3.67. The number of nitrogens with zero attached hydrogens (tertiary/aromatic N) is 1. The molecule has 0 aromatic carbocycles. The summed E-state index contributed by atoms with van der Waals surface area (Å²) in [5.74, 6) is -0.155. The van der Waals surface area contributed by atoms with Crippen molar-refractivity contribution in [3.05, 3.63) is 0 Å². The van der Waals surface area contributed by atoms with Crippen LogP contribution in [0.15, 0.2) is 4.99 Å². The molecule has 0 aromatic rings. The number of hydrogen-bond donors (Lipinski definition) is 1. The molecular weight excluding hydrogens is 124 g/mol. The molecule has 0 unspecified atom stereocenters. The van der Waals surface area contributed by atoms with Crippen LogP contribution in [0.1, 0.15) is 6.92 Å². The number of thiocarbonyl (C=S) groups is 1. The third kappa shape index (κ3) is 5.23. The maximum Gasteiger partial charge on any atom is 0.190 e. The van der Waals surface area contributed by atoms with Crippen LogP contribution in [0.2, 0.25) is 0 Å². The summed E-state index contributed by atoms with van der Waals surface area (Å²) in [7, 11) is 0. The van der Waals surface area contributed by atoms with Crippen molar-refractivity contribution in [2.75, 3.05) is 0 Å². The van der Waals surface area contributed by atoms with Gasteiger partial charge in [-0.3, -0.25) is 4.79 Å². The Labute approximate surface area is 52.6 Å². The third-order valence-electron chi connectivity index (χ3n) is 0.374. The summed E-state index contributed by atoms with van der Waals surface area (Å²) in [5, 5.41) is -0.0137. The lowest BCUT2D eigenvalue weighted by atomic mass is 10.5. The first-order valence-corrected chi connectivity index (χ1v) is 2.38. The van der Waals surface area contributed by atoms with E-state index in [0.29, 0.717) is 0 Å². The SMILES string of the molecule is CC(=O)C=NC(N)=S. The van der Waals surface area contributed by atoms with E-state index in [1.807, 2.05) is 0 Å². The summed E-state index contributed by atoms with van der Waals surface area (Å²) in [6, 6.07) is 0. The van der Waals surface area contributed by atoms with Crippen molar-refractivity contribution < 1.29 is 4.79 Å². The van der Waals surface area contributed by atoms with Crippen LogP contribution in [-0.4, -0.2) is 17.1 Å². The van der Waals surface area contributed by atoms with E-state index in [4.69, 9.17) is 5.73 Å². The molecule has 0 aliphatic carbocycles. The Bertz CT molecular complexity index is 125. The molecule has 3 nitrogen and oxygen atoms in total. The molecule has 0 rings (SSSR count). The molecule has 0 bridgehead atoms. The lowest BCUT2D eigenvalue weighted by Crippen LogP contribution is -2.05. The molecule has 2 N–H and O–H groups in total. The number of carbonyl (C=O) groups excluding carboxylic acids is 1. The van der Waals surface area contributed by atoms with Crippen LogP contribution in [0, 0.1) is 0 Å². The van der Waals surface area contributed by atoms with Gasteiger partial charge in [0.1, 0.15) is 0 Å². The Hall–Kier alpha value is -0.770. The van der Waals surface area contributed by atoms with Crippen molar-refractivity contribution >= 4 is 29.3 Å². The molecule has 0 saturated carbocycles. The molecule has 0 aliphatic heterocycles. The molecule has 0 saturated heterocycles. The van der Waals surface area contributed by atoms with Crippen LogP contribution in [0.3, 0.4) is 0 Å². The van der Waals surface area contributed by atoms with Crippen molar-refractivity contribution in [2.24, 2.45) is 10.7 Å². The minimum atomic E-state index is -0.155. The van der Waals surface area contributed by atoms with Gasteiger partial charge in [-0.05, 0) is 12.2 Å². The van der Waals surface area contributed by atoms with Gasteiger partial charge in [-0.25, -0.2) is 4.99 Å². The quantitative estimate of drug-likeness (QED) is 0.398. The van der Waals surface area contributed by atoms with Crippen molar-refractivity contribution in [1.82, 2.24) is 0 Å². The highest BCUT2D eigenvalue weighted by Gasteiger charge is 1.81. The van der Waals surface area contributed by atoms with E-state index in [1.165, 1.54) is 6.92 Å². The van der Waals surface area contributed by atoms with Crippen LogP contribution in [0.25, 0.3) is 0 Å². The fourth-order valence-electron chi connectivity index (χ4n) is 0.155. The summed E-state index contributed by atoms with van der Waals surface area (Å²) < 4.78 is 0. The zero-order valence-electron chi connectivity index (χ0n) is 4.42. The smallest absolute Gasteiger partial charge is 0.190 e. The topological polar surface area (TPSA) is 55.5 Å². The van der Waals surface area contributed by atoms with Gasteiger partial charge in [-0.15, -0.1) is 0 Å². The highest BCUT2D eigenvalue weighted by molar-refractivity contribution is 7.80. The van der Waals surface area contributed by atoms with Gasteiger partial charge in [-0.2, -0.15) is 0 Å². The van der Waals surface area contributed by atoms with Gasteiger partial charge >= 0.3 is 0 Å². The fraction of sp³-hybridized carbons (Fsp3) is 0.250. The maximum absolute atomic E-state index is 10.1. The van der Waals surface area contributed by atoms with E-state index < -0.39 is 0 Å². The maximum atomic E-state index is 10.1. The highest BCUT2D eigenvalue weighted by atomic mass is 32.1. The van der Waals surface area contributed by atoms with E-state index in [1.54, 1.807) is 0 Å². The summed E-state index contributed by atoms with van der Waals surface area (Å²) in [6.07, 6.45) is 1.09. The molecule has 8 heavy (non-hydrogen) atoms. The Morgan fingerprint density at radius 2 is 2.38 bits per heavy atom. The third-order valence-corrected chi connectivity index (χ3v) is 0.479. The van der Waals surface area contributed by atoms with Crippen molar-refractivity contribution in [3.8, 4) is 0 Å². The normalized spacial score (nSPS) is 9.62. The standard InChI is InChI=1S/C4H6N2OS/c1-3(7)2-6-4(5)8/h2H,1H3,(H2,5,8). The number of rotatable bonds is 1. The largest absolute Gasteiger partial charge is 0.374 e. The lowest BCUT2D eigenvalue weighted by Gasteiger charge is -1.79. The molecule has 4 heteroatoms. The van der Waals surface area contributed by atoms with Gasteiger partial charge in [-0.1, -0.05) is 0 Å². The first-order chi connectivity index (χ1) is 3.63. The van der Waals surface area contributed by atoms with Crippen LogP contribution >= 0.6 is 12.2 Å². The number of hydrogen-bond acceptors (Lipinski definition) is 2. The Morgan fingerprint density at radius 1 is 1.88 bits per heavy atom. The zero-order chi connectivity index (χ0) is 6.57. The monoisotopic (exact) mass is 130 g/mol. The second kappa shape index (κ2) is 3.26. The van der Waals surface area contributed by atoms with Gasteiger partial charge in [0.2, 0.25) is 0 Å². The van der Waals surface area contributed by atoms with Gasteiger partial charge in [0.25, 0.3) is 0 Å². The molecule has 0 aromatic heterocycles. The predicted molar refractivity (Wildman–Crippen MR) is 36.0 cm³/mol. The van der Waals surface area contributed by atoms with Gasteiger partial charge < -0.3 is 5.73 Å². The van der Waals surface area contributed by atoms with E-state index in [2.05, 4.69) is 17.2 Å². The minimum absolute atomic E-state index is 0.0137. The van der Waals surface area contributed by atoms with Crippen molar-refractivity contribution in [3.63, 3.8) is 0 Å². The number of nitrogens with two attached hydrogens (primary N) is 1. The molecule has 0 heterocycles. The summed E-state index contributed by atoms with van der Waals surface area (Å²) in [5.41, 5.74) is 4.92. The summed E-state index contributed by atoms with van der Waals surface area (Å²) in [6.45, 7) is 1.38. The molecule has 0 aliphatic rings. The molecule has 0 radical (unpaired) electrons. The first kappa shape index (κ1) is 7.23. The number of carbonyl (C=O) groups is 1. The number of aliphatic imine (C=N–C) groups is 1. The zero-order valence-corrected chi connectivity index (χ0v) is 5.23. The van der Waals surface area contributed by atoms with Crippen LogP contribution in [0.5, 0.6) is 0 Å². The molecule has 0 atom stereocenters. The lowest BCUT2D eigenvalue weighted by molar-refractivity contribution is -0.110. The first-order valence-electron chi connectivity index (χ1n) is 1.97. The Kier molecular flexibility index (Phi) is 2.95. The summed E-state index contributed by atoms with van der Waals surface area (Å²) >= 11 is 4.34. The van der Waals surface area contributed by atoms with Gasteiger partial charge in [0.05, 0.1) is 6.21 Å².